The molecule has 3 aromatic rings. The second-order valence-corrected chi connectivity index (χ2v) is 10.1. The van der Waals surface area contributed by atoms with Crippen molar-refractivity contribution in [1.82, 2.24) is 4.90 Å². The molecule has 3 aromatic carbocycles. The van der Waals surface area contributed by atoms with E-state index < -0.39 is 4.92 Å². The van der Waals surface area contributed by atoms with Crippen LogP contribution in [0.1, 0.15) is 15.9 Å². The zero-order chi connectivity index (χ0) is 26.8. The standard InChI is InChI=1S/C28H26N4O5S/c1-29-24-18-20(6-11-25(24)38-26(28(29)34)17-19-4-3-5-23(16-19)37-2)27(33)31-14-12-30(13-15-31)21-7-9-22(10-8-21)32(35)36/h3-11,16-18H,12-15H2,1-2H3. The third kappa shape index (κ3) is 5.08. The molecule has 2 aliphatic heterocycles. The van der Waals surface area contributed by atoms with E-state index in [1.807, 2.05) is 42.5 Å². The molecule has 0 spiro atoms. The Kier molecular flexibility index (Phi) is 7.06. The summed E-state index contributed by atoms with van der Waals surface area (Å²) in [6, 6.07) is 19.5. The number of nitrogens with zero attached hydrogens (tertiary/aromatic N) is 4. The minimum atomic E-state index is -0.416. The minimum Gasteiger partial charge on any atom is -0.497 e. The van der Waals surface area contributed by atoms with Gasteiger partial charge in [-0.05, 0) is 54.1 Å². The molecule has 0 aliphatic carbocycles. The number of ether oxygens (including phenoxy) is 1. The van der Waals surface area contributed by atoms with E-state index in [2.05, 4.69) is 4.90 Å². The smallest absolute Gasteiger partial charge is 0.269 e. The van der Waals surface area contributed by atoms with Crippen LogP contribution in [-0.2, 0) is 4.79 Å². The predicted octanol–water partition coefficient (Wildman–Crippen LogP) is 4.68. The number of fused-ring (bicyclic) bond motifs is 1. The van der Waals surface area contributed by atoms with Gasteiger partial charge >= 0.3 is 0 Å². The number of nitro benzene ring substituents is 1. The molecule has 0 atom stereocenters. The fraction of sp³-hybridized carbons (Fsp3) is 0.214. The quantitative estimate of drug-likeness (QED) is 0.269. The van der Waals surface area contributed by atoms with E-state index in [0.717, 1.165) is 21.9 Å². The molecule has 0 N–H and O–H groups in total. The molecule has 1 fully saturated rings. The second kappa shape index (κ2) is 10.6. The zero-order valence-electron chi connectivity index (χ0n) is 21.0. The first-order valence-corrected chi connectivity index (χ1v) is 12.9. The van der Waals surface area contributed by atoms with Crippen LogP contribution in [0.4, 0.5) is 17.1 Å². The Morgan fingerprint density at radius 1 is 1.03 bits per heavy atom. The largest absolute Gasteiger partial charge is 0.497 e. The summed E-state index contributed by atoms with van der Waals surface area (Å²) in [5.74, 6) is 0.504. The van der Waals surface area contributed by atoms with Crippen molar-refractivity contribution in [3.63, 3.8) is 0 Å². The maximum atomic E-state index is 13.3. The number of benzene rings is 3. The summed E-state index contributed by atoms with van der Waals surface area (Å²) in [5, 5.41) is 10.9. The molecule has 0 bridgehead atoms. The van der Waals surface area contributed by atoms with E-state index in [1.54, 1.807) is 42.2 Å². The Balaban J connectivity index is 1.28. The molecule has 0 saturated carbocycles. The summed E-state index contributed by atoms with van der Waals surface area (Å²) < 4.78 is 5.28. The summed E-state index contributed by atoms with van der Waals surface area (Å²) in [5.41, 5.74) is 3.06. The van der Waals surface area contributed by atoms with Crippen LogP contribution in [0.5, 0.6) is 5.75 Å². The van der Waals surface area contributed by atoms with Crippen molar-refractivity contribution in [3.05, 3.63) is 92.9 Å². The van der Waals surface area contributed by atoms with E-state index in [9.17, 15) is 19.7 Å². The third-order valence-electron chi connectivity index (χ3n) is 6.69. The molecule has 2 amide bonds. The minimum absolute atomic E-state index is 0.0551. The lowest BCUT2D eigenvalue weighted by Gasteiger charge is -2.36. The van der Waals surface area contributed by atoms with Gasteiger partial charge in [-0.2, -0.15) is 0 Å². The fourth-order valence-corrected chi connectivity index (χ4v) is 5.64. The SMILES string of the molecule is COc1cccc(C=C2Sc3ccc(C(=O)N4CCN(c5ccc([N+](=O)[O-])cc5)CC4)cc3N(C)C2=O)c1. The van der Waals surface area contributed by atoms with Gasteiger partial charge in [-0.1, -0.05) is 23.9 Å². The first-order chi connectivity index (χ1) is 18.3. The van der Waals surface area contributed by atoms with Gasteiger partial charge in [-0.15, -0.1) is 0 Å². The van der Waals surface area contributed by atoms with Crippen molar-refractivity contribution >= 4 is 46.7 Å². The van der Waals surface area contributed by atoms with Gasteiger partial charge < -0.3 is 19.4 Å². The molecule has 38 heavy (non-hydrogen) atoms. The number of piperazine rings is 1. The Morgan fingerprint density at radius 2 is 1.76 bits per heavy atom. The number of carbonyl (C=O) groups excluding carboxylic acids is 2. The fourth-order valence-electron chi connectivity index (χ4n) is 4.54. The molecular weight excluding hydrogens is 504 g/mol. The summed E-state index contributed by atoms with van der Waals surface area (Å²) in [7, 11) is 3.33. The average Bonchev–Trinajstić information content (AvgIpc) is 2.95. The molecule has 9 nitrogen and oxygen atoms in total. The molecule has 2 heterocycles. The van der Waals surface area contributed by atoms with Crippen molar-refractivity contribution in [2.75, 3.05) is 50.1 Å². The van der Waals surface area contributed by atoms with Crippen molar-refractivity contribution in [1.29, 1.82) is 0 Å². The molecule has 0 aromatic heterocycles. The average molecular weight is 531 g/mol. The van der Waals surface area contributed by atoms with Crippen LogP contribution in [0.2, 0.25) is 0 Å². The number of likely N-dealkylation sites (N-methyl/N-ethyl adjacent to an activating group) is 1. The van der Waals surface area contributed by atoms with Crippen molar-refractivity contribution in [2.24, 2.45) is 0 Å². The van der Waals surface area contributed by atoms with Crippen molar-refractivity contribution in [2.45, 2.75) is 4.90 Å². The monoisotopic (exact) mass is 530 g/mol. The van der Waals surface area contributed by atoms with E-state index in [-0.39, 0.29) is 17.5 Å². The highest BCUT2D eigenvalue weighted by molar-refractivity contribution is 8.04. The van der Waals surface area contributed by atoms with Gasteiger partial charge in [-0.25, -0.2) is 0 Å². The highest BCUT2D eigenvalue weighted by atomic mass is 32.2. The number of rotatable bonds is 5. The van der Waals surface area contributed by atoms with E-state index in [1.165, 1.54) is 23.9 Å². The summed E-state index contributed by atoms with van der Waals surface area (Å²) in [6.07, 6.45) is 1.85. The van der Waals surface area contributed by atoms with Crippen LogP contribution < -0.4 is 14.5 Å². The topological polar surface area (TPSA) is 96.2 Å². The summed E-state index contributed by atoms with van der Waals surface area (Å²) in [6.45, 7) is 2.32. The first kappa shape index (κ1) is 25.3. The molecule has 194 valence electrons. The number of hydrogen-bond donors (Lipinski definition) is 0. The maximum absolute atomic E-state index is 13.3. The lowest BCUT2D eigenvalue weighted by molar-refractivity contribution is -0.384. The number of carbonyl (C=O) groups is 2. The van der Waals surface area contributed by atoms with Crippen LogP contribution >= 0.6 is 11.8 Å². The van der Waals surface area contributed by atoms with E-state index in [4.69, 9.17) is 4.74 Å². The van der Waals surface area contributed by atoms with Crippen molar-refractivity contribution in [3.8, 4) is 5.75 Å². The summed E-state index contributed by atoms with van der Waals surface area (Å²) in [4.78, 5) is 43.9. The van der Waals surface area contributed by atoms with Gasteiger partial charge in [0.25, 0.3) is 17.5 Å². The number of anilines is 2. The van der Waals surface area contributed by atoms with Gasteiger partial charge in [0.15, 0.2) is 0 Å². The number of amides is 2. The van der Waals surface area contributed by atoms with E-state index >= 15 is 0 Å². The van der Waals surface area contributed by atoms with Crippen molar-refractivity contribution < 1.29 is 19.2 Å². The molecule has 1 saturated heterocycles. The van der Waals surface area contributed by atoms with Crippen LogP contribution in [0.25, 0.3) is 6.08 Å². The molecule has 0 radical (unpaired) electrons. The Bertz CT molecular complexity index is 1430. The zero-order valence-corrected chi connectivity index (χ0v) is 21.8. The van der Waals surface area contributed by atoms with Gasteiger partial charge in [0.2, 0.25) is 0 Å². The number of thioether (sulfide) groups is 1. The van der Waals surface area contributed by atoms with Crippen LogP contribution in [-0.4, -0.2) is 62.0 Å². The number of hydrogen-bond acceptors (Lipinski definition) is 7. The van der Waals surface area contributed by atoms with Gasteiger partial charge in [0.05, 0.1) is 22.6 Å². The van der Waals surface area contributed by atoms with Crippen LogP contribution in [0.15, 0.2) is 76.5 Å². The molecule has 2 aliphatic rings. The molecular formula is C28H26N4O5S. The van der Waals surface area contributed by atoms with Gasteiger partial charge in [0.1, 0.15) is 5.75 Å². The molecule has 10 heteroatoms. The highest BCUT2D eigenvalue weighted by Crippen LogP contribution is 2.42. The normalized spacial score (nSPS) is 16.4. The predicted molar refractivity (Wildman–Crippen MR) is 148 cm³/mol. The second-order valence-electron chi connectivity index (χ2n) is 8.99. The Hall–Kier alpha value is -4.31. The van der Waals surface area contributed by atoms with E-state index in [0.29, 0.717) is 42.3 Å². The maximum Gasteiger partial charge on any atom is 0.269 e. The Labute approximate surface area is 224 Å². The van der Waals surface area contributed by atoms with Gasteiger partial charge in [0, 0.05) is 61.5 Å². The van der Waals surface area contributed by atoms with Gasteiger partial charge in [-0.3, -0.25) is 19.7 Å². The highest BCUT2D eigenvalue weighted by Gasteiger charge is 2.29. The number of nitro groups is 1. The molecule has 5 rings (SSSR count). The first-order valence-electron chi connectivity index (χ1n) is 12.1. The lowest BCUT2D eigenvalue weighted by atomic mass is 10.1. The van der Waals surface area contributed by atoms with Crippen LogP contribution in [0.3, 0.4) is 0 Å². The summed E-state index contributed by atoms with van der Waals surface area (Å²) >= 11 is 1.39. The number of methoxy groups -OCH3 is 1. The van der Waals surface area contributed by atoms with Crippen LogP contribution in [0, 0.1) is 10.1 Å². The Morgan fingerprint density at radius 3 is 2.45 bits per heavy atom. The third-order valence-corrected chi connectivity index (χ3v) is 7.76. The number of non-ortho nitro benzene ring substituents is 1. The lowest BCUT2D eigenvalue weighted by Crippen LogP contribution is -2.48. The molecule has 0 unspecified atom stereocenters.